The minimum absolute atomic E-state index is 0.0810. The molecule has 0 radical (unpaired) electrons. The van der Waals surface area contributed by atoms with Crippen molar-refractivity contribution in [2.75, 3.05) is 6.61 Å². The smallest absolute Gasteiger partial charge is 0.152 e. The average Bonchev–Trinajstić information content (AvgIpc) is 2.98. The standard InChI is InChI=1S/C19H17N3O2/c1-12-6-5-7-13(2)18(12)24-11-17(23)14(10-20)19-21-15-8-3-4-9-16(15)22-19/h3-9,23H,11H2,1-2H3,(H,21,22)/b17-14-. The van der Waals surface area contributed by atoms with Crippen LogP contribution in [0.3, 0.4) is 0 Å². The molecule has 0 saturated heterocycles. The maximum absolute atomic E-state index is 10.3. The van der Waals surface area contributed by atoms with Crippen LogP contribution in [0.2, 0.25) is 0 Å². The molecule has 0 unspecified atom stereocenters. The Bertz CT molecular complexity index is 911. The molecule has 24 heavy (non-hydrogen) atoms. The van der Waals surface area contributed by atoms with Gasteiger partial charge in [0.1, 0.15) is 24.0 Å². The first-order chi connectivity index (χ1) is 11.6. The van der Waals surface area contributed by atoms with Gasteiger partial charge in [0.25, 0.3) is 0 Å². The van der Waals surface area contributed by atoms with E-state index < -0.39 is 0 Å². The molecule has 1 heterocycles. The van der Waals surface area contributed by atoms with Gasteiger partial charge in [0.15, 0.2) is 11.6 Å². The van der Waals surface area contributed by atoms with Crippen LogP contribution in [0.15, 0.2) is 48.2 Å². The van der Waals surface area contributed by atoms with Crippen LogP contribution in [0.25, 0.3) is 16.6 Å². The molecule has 5 heteroatoms. The number of aromatic amines is 1. The number of aromatic nitrogens is 2. The second-order valence-electron chi connectivity index (χ2n) is 5.55. The molecule has 1 aromatic heterocycles. The Morgan fingerprint density at radius 3 is 2.54 bits per heavy atom. The van der Waals surface area contributed by atoms with Crippen LogP contribution in [-0.2, 0) is 0 Å². The van der Waals surface area contributed by atoms with Gasteiger partial charge in [-0.3, -0.25) is 0 Å². The third kappa shape index (κ3) is 2.95. The van der Waals surface area contributed by atoms with E-state index in [9.17, 15) is 10.4 Å². The van der Waals surface area contributed by atoms with Gasteiger partial charge in [-0.1, -0.05) is 30.3 Å². The largest absolute Gasteiger partial charge is 0.507 e. The molecule has 0 aliphatic heterocycles. The highest BCUT2D eigenvalue weighted by Crippen LogP contribution is 2.24. The number of aliphatic hydroxyl groups is 1. The summed E-state index contributed by atoms with van der Waals surface area (Å²) in [6.07, 6.45) is 0. The predicted molar refractivity (Wildman–Crippen MR) is 92.7 cm³/mol. The summed E-state index contributed by atoms with van der Waals surface area (Å²) in [5.74, 6) is 0.895. The molecule has 5 nitrogen and oxygen atoms in total. The number of benzene rings is 2. The summed E-state index contributed by atoms with van der Waals surface area (Å²) >= 11 is 0. The highest BCUT2D eigenvalue weighted by molar-refractivity contribution is 5.82. The zero-order valence-corrected chi connectivity index (χ0v) is 13.5. The number of para-hydroxylation sites is 3. The van der Waals surface area contributed by atoms with E-state index in [1.54, 1.807) is 0 Å². The minimum Gasteiger partial charge on any atom is -0.507 e. The molecule has 0 amide bonds. The number of imidazole rings is 1. The lowest BCUT2D eigenvalue weighted by Crippen LogP contribution is -2.06. The lowest BCUT2D eigenvalue weighted by Gasteiger charge is -2.11. The molecule has 2 N–H and O–H groups in total. The number of nitrogens with zero attached hydrogens (tertiary/aromatic N) is 2. The molecule has 3 aromatic rings. The first kappa shape index (κ1) is 15.6. The average molecular weight is 319 g/mol. The molecule has 0 saturated carbocycles. The topological polar surface area (TPSA) is 81.9 Å². The molecular weight excluding hydrogens is 302 g/mol. The summed E-state index contributed by atoms with van der Waals surface area (Å²) in [5.41, 5.74) is 3.58. The van der Waals surface area contributed by atoms with E-state index in [0.717, 1.165) is 22.2 Å². The summed E-state index contributed by atoms with van der Waals surface area (Å²) in [7, 11) is 0. The quantitative estimate of drug-likeness (QED) is 0.561. The second kappa shape index (κ2) is 6.47. The number of allylic oxidation sites excluding steroid dienone is 1. The summed E-state index contributed by atoms with van der Waals surface area (Å²) in [5, 5.41) is 19.7. The Hall–Kier alpha value is -3.26. The number of nitriles is 1. The summed E-state index contributed by atoms with van der Waals surface area (Å²) < 4.78 is 5.71. The summed E-state index contributed by atoms with van der Waals surface area (Å²) in [6, 6.07) is 15.3. The van der Waals surface area contributed by atoms with E-state index in [-0.39, 0.29) is 17.9 Å². The number of hydrogen-bond donors (Lipinski definition) is 2. The normalized spacial score (nSPS) is 11.9. The van der Waals surface area contributed by atoms with E-state index in [1.807, 2.05) is 62.4 Å². The van der Waals surface area contributed by atoms with Crippen molar-refractivity contribution in [1.82, 2.24) is 9.97 Å². The van der Waals surface area contributed by atoms with Crippen molar-refractivity contribution in [1.29, 1.82) is 5.26 Å². The van der Waals surface area contributed by atoms with Crippen LogP contribution < -0.4 is 4.74 Å². The summed E-state index contributed by atoms with van der Waals surface area (Å²) in [6.45, 7) is 3.78. The van der Waals surface area contributed by atoms with Crippen molar-refractivity contribution in [2.24, 2.45) is 0 Å². The number of H-pyrrole nitrogens is 1. The van der Waals surface area contributed by atoms with E-state index in [2.05, 4.69) is 9.97 Å². The first-order valence-electron chi connectivity index (χ1n) is 7.56. The highest BCUT2D eigenvalue weighted by atomic mass is 16.5. The second-order valence-corrected chi connectivity index (χ2v) is 5.55. The molecule has 0 fully saturated rings. The van der Waals surface area contributed by atoms with Crippen LogP contribution >= 0.6 is 0 Å². The maximum atomic E-state index is 10.3. The maximum Gasteiger partial charge on any atom is 0.152 e. The molecule has 120 valence electrons. The van der Waals surface area contributed by atoms with Gasteiger partial charge in [0.2, 0.25) is 0 Å². The van der Waals surface area contributed by atoms with Gasteiger partial charge in [-0.15, -0.1) is 0 Å². The van der Waals surface area contributed by atoms with Gasteiger partial charge in [-0.2, -0.15) is 5.26 Å². The van der Waals surface area contributed by atoms with E-state index in [1.165, 1.54) is 0 Å². The zero-order chi connectivity index (χ0) is 17.1. The zero-order valence-electron chi connectivity index (χ0n) is 13.5. The molecule has 2 aromatic carbocycles. The molecule has 0 aliphatic rings. The number of aliphatic hydroxyl groups excluding tert-OH is 1. The van der Waals surface area contributed by atoms with E-state index >= 15 is 0 Å². The summed E-state index contributed by atoms with van der Waals surface area (Å²) in [4.78, 5) is 7.38. The van der Waals surface area contributed by atoms with Gasteiger partial charge in [0.05, 0.1) is 11.0 Å². The lowest BCUT2D eigenvalue weighted by atomic mass is 10.1. The van der Waals surface area contributed by atoms with Gasteiger partial charge >= 0.3 is 0 Å². The molecule has 0 bridgehead atoms. The Labute approximate surface area is 139 Å². The van der Waals surface area contributed by atoms with Crippen LogP contribution in [0.1, 0.15) is 17.0 Å². The van der Waals surface area contributed by atoms with Crippen LogP contribution in [0.4, 0.5) is 0 Å². The Balaban J connectivity index is 1.89. The van der Waals surface area contributed by atoms with Crippen molar-refractivity contribution in [3.8, 4) is 11.8 Å². The van der Waals surface area contributed by atoms with Crippen molar-refractivity contribution in [3.63, 3.8) is 0 Å². The number of fused-ring (bicyclic) bond motifs is 1. The van der Waals surface area contributed by atoms with Gasteiger partial charge in [-0.05, 0) is 37.1 Å². The number of nitrogens with one attached hydrogen (secondary N) is 1. The fraction of sp³-hybridized carbons (Fsp3) is 0.158. The third-order valence-corrected chi connectivity index (χ3v) is 3.79. The fourth-order valence-electron chi connectivity index (χ4n) is 2.56. The van der Waals surface area contributed by atoms with Crippen molar-refractivity contribution in [2.45, 2.75) is 13.8 Å². The van der Waals surface area contributed by atoms with Gasteiger partial charge in [-0.25, -0.2) is 4.98 Å². The monoisotopic (exact) mass is 319 g/mol. The van der Waals surface area contributed by atoms with E-state index in [0.29, 0.717) is 11.6 Å². The SMILES string of the molecule is Cc1cccc(C)c1OC/C(O)=C(\C#N)c1nc2ccccc2[nH]1. The lowest BCUT2D eigenvalue weighted by molar-refractivity contribution is 0.270. The molecule has 3 rings (SSSR count). The van der Waals surface area contributed by atoms with Crippen LogP contribution in [-0.4, -0.2) is 21.7 Å². The Morgan fingerprint density at radius 2 is 1.88 bits per heavy atom. The molecular formula is C19H17N3O2. The van der Waals surface area contributed by atoms with Crippen molar-refractivity contribution >= 4 is 16.6 Å². The fourth-order valence-corrected chi connectivity index (χ4v) is 2.56. The van der Waals surface area contributed by atoms with Crippen LogP contribution in [0, 0.1) is 25.2 Å². The first-order valence-corrected chi connectivity index (χ1v) is 7.56. The molecule has 0 aliphatic carbocycles. The number of rotatable bonds is 4. The number of ether oxygens (including phenoxy) is 1. The Morgan fingerprint density at radius 1 is 1.17 bits per heavy atom. The van der Waals surface area contributed by atoms with Crippen molar-refractivity contribution in [3.05, 3.63) is 65.2 Å². The predicted octanol–water partition coefficient (Wildman–Crippen LogP) is 4.05. The van der Waals surface area contributed by atoms with Crippen LogP contribution in [0.5, 0.6) is 5.75 Å². The van der Waals surface area contributed by atoms with E-state index in [4.69, 9.17) is 4.74 Å². The van der Waals surface area contributed by atoms with Crippen molar-refractivity contribution < 1.29 is 9.84 Å². The van der Waals surface area contributed by atoms with Gasteiger partial charge < -0.3 is 14.8 Å². The third-order valence-electron chi connectivity index (χ3n) is 3.79. The number of aryl methyl sites for hydroxylation is 2. The molecule has 0 spiro atoms. The highest BCUT2D eigenvalue weighted by Gasteiger charge is 2.14. The van der Waals surface area contributed by atoms with Gasteiger partial charge in [0, 0.05) is 0 Å². The molecule has 0 atom stereocenters. The minimum atomic E-state index is -0.154. The Kier molecular flexibility index (Phi) is 4.21. The number of hydrogen-bond acceptors (Lipinski definition) is 4.